The number of nitrogens with zero attached hydrogens (tertiary/aromatic N) is 2. The Kier molecular flexibility index (Phi) is 1.74. The van der Waals surface area contributed by atoms with Crippen molar-refractivity contribution < 1.29 is 5.11 Å². The van der Waals surface area contributed by atoms with Gasteiger partial charge in [0.25, 0.3) is 0 Å². The molecule has 3 heteroatoms. The van der Waals surface area contributed by atoms with Crippen LogP contribution in [0.1, 0.15) is 31.0 Å². The van der Waals surface area contributed by atoms with Gasteiger partial charge < -0.3 is 5.11 Å². The zero-order valence-electron chi connectivity index (χ0n) is 8.41. The van der Waals surface area contributed by atoms with Crippen LogP contribution in [0.25, 0.3) is 0 Å². The average molecular weight is 180 g/mol. The van der Waals surface area contributed by atoms with Crippen molar-refractivity contribution >= 4 is 0 Å². The van der Waals surface area contributed by atoms with Gasteiger partial charge in [0, 0.05) is 18.8 Å². The van der Waals surface area contributed by atoms with E-state index >= 15 is 0 Å². The molecule has 0 spiro atoms. The van der Waals surface area contributed by atoms with Crippen LogP contribution in [0.4, 0.5) is 0 Å². The van der Waals surface area contributed by atoms with Crippen LogP contribution in [0.15, 0.2) is 6.20 Å². The van der Waals surface area contributed by atoms with Crippen LogP contribution in [-0.4, -0.2) is 14.9 Å². The van der Waals surface area contributed by atoms with Gasteiger partial charge in [0.2, 0.25) is 0 Å². The van der Waals surface area contributed by atoms with Gasteiger partial charge in [-0.2, -0.15) is 5.10 Å². The van der Waals surface area contributed by atoms with E-state index in [0.717, 1.165) is 24.1 Å². The van der Waals surface area contributed by atoms with Crippen LogP contribution < -0.4 is 0 Å². The highest BCUT2D eigenvalue weighted by Gasteiger charge is 2.43. The normalized spacial score (nSPS) is 33.1. The Morgan fingerprint density at radius 3 is 2.62 bits per heavy atom. The van der Waals surface area contributed by atoms with Crippen molar-refractivity contribution in [3.05, 3.63) is 17.5 Å². The Labute approximate surface area is 78.4 Å². The van der Waals surface area contributed by atoms with Gasteiger partial charge in [-0.15, -0.1) is 0 Å². The lowest BCUT2D eigenvalue weighted by molar-refractivity contribution is -0.0743. The lowest BCUT2D eigenvalue weighted by atomic mass is 9.68. The molecule has 1 aliphatic rings. The maximum Gasteiger partial charge on any atom is 0.0934 e. The molecular formula is C10H16N2O. The zero-order chi connectivity index (χ0) is 9.64. The molecule has 72 valence electrons. The van der Waals surface area contributed by atoms with Crippen LogP contribution >= 0.6 is 0 Å². The van der Waals surface area contributed by atoms with Crippen molar-refractivity contribution in [2.45, 2.75) is 32.3 Å². The summed E-state index contributed by atoms with van der Waals surface area (Å²) >= 11 is 0. The highest BCUT2D eigenvalue weighted by atomic mass is 16.3. The largest absolute Gasteiger partial charge is 0.385 e. The van der Waals surface area contributed by atoms with E-state index in [1.54, 1.807) is 4.68 Å². The van der Waals surface area contributed by atoms with Crippen LogP contribution in [0.3, 0.4) is 0 Å². The monoisotopic (exact) mass is 180 g/mol. The Bertz CT molecular complexity index is 324. The first-order valence-electron chi connectivity index (χ1n) is 4.74. The Balaban J connectivity index is 2.30. The summed E-state index contributed by atoms with van der Waals surface area (Å²) in [5.74, 6) is 0.643. The predicted octanol–water partition coefficient (Wildman–Crippen LogP) is 1.35. The quantitative estimate of drug-likeness (QED) is 0.708. The van der Waals surface area contributed by atoms with Gasteiger partial charge in [0.05, 0.1) is 11.3 Å². The highest BCUT2D eigenvalue weighted by molar-refractivity contribution is 5.26. The fourth-order valence-corrected chi connectivity index (χ4v) is 2.37. The number of aryl methyl sites for hydroxylation is 2. The molecular weight excluding hydrogens is 164 g/mol. The summed E-state index contributed by atoms with van der Waals surface area (Å²) in [6.45, 7) is 4.12. The van der Waals surface area contributed by atoms with E-state index < -0.39 is 5.60 Å². The molecule has 0 aliphatic heterocycles. The molecule has 0 bridgehead atoms. The minimum atomic E-state index is -0.586. The lowest BCUT2D eigenvalue weighted by Gasteiger charge is -2.41. The molecule has 1 heterocycles. The van der Waals surface area contributed by atoms with E-state index in [4.69, 9.17) is 0 Å². The van der Waals surface area contributed by atoms with Crippen LogP contribution in [0.5, 0.6) is 0 Å². The topological polar surface area (TPSA) is 38.0 Å². The van der Waals surface area contributed by atoms with E-state index in [2.05, 4.69) is 12.0 Å². The molecule has 2 rings (SSSR count). The summed E-state index contributed by atoms with van der Waals surface area (Å²) in [7, 11) is 1.89. The molecule has 13 heavy (non-hydrogen) atoms. The van der Waals surface area contributed by atoms with Crippen molar-refractivity contribution in [3.8, 4) is 0 Å². The molecule has 0 unspecified atom stereocenters. The zero-order valence-corrected chi connectivity index (χ0v) is 8.41. The van der Waals surface area contributed by atoms with Crippen molar-refractivity contribution in [3.63, 3.8) is 0 Å². The summed E-state index contributed by atoms with van der Waals surface area (Å²) in [4.78, 5) is 0. The summed E-state index contributed by atoms with van der Waals surface area (Å²) in [5.41, 5.74) is 1.38. The molecule has 0 atom stereocenters. The maximum atomic E-state index is 10.2. The smallest absolute Gasteiger partial charge is 0.0934 e. The summed E-state index contributed by atoms with van der Waals surface area (Å²) in [6, 6.07) is 0. The molecule has 0 amide bonds. The molecule has 0 radical (unpaired) electrons. The van der Waals surface area contributed by atoms with Crippen molar-refractivity contribution in [1.82, 2.24) is 9.78 Å². The predicted molar refractivity (Wildman–Crippen MR) is 50.2 cm³/mol. The van der Waals surface area contributed by atoms with Crippen LogP contribution in [-0.2, 0) is 12.6 Å². The van der Waals surface area contributed by atoms with Gasteiger partial charge in [-0.3, -0.25) is 4.68 Å². The SMILES string of the molecule is Cc1nn(C)cc1C1(O)CC(C)C1. The third-order valence-corrected chi connectivity index (χ3v) is 2.89. The second kappa shape index (κ2) is 2.58. The summed E-state index contributed by atoms with van der Waals surface area (Å²) in [6.07, 6.45) is 3.68. The van der Waals surface area contributed by atoms with Crippen molar-refractivity contribution in [1.29, 1.82) is 0 Å². The number of aromatic nitrogens is 2. The Hall–Kier alpha value is -0.830. The molecule has 1 aromatic rings. The lowest BCUT2D eigenvalue weighted by Crippen LogP contribution is -2.40. The molecule has 0 aromatic carbocycles. The number of hydrogen-bond donors (Lipinski definition) is 1. The van der Waals surface area contributed by atoms with Crippen molar-refractivity contribution in [2.75, 3.05) is 0 Å². The first-order chi connectivity index (χ1) is 6.01. The van der Waals surface area contributed by atoms with E-state index in [9.17, 15) is 5.11 Å². The Morgan fingerprint density at radius 1 is 1.62 bits per heavy atom. The first-order valence-corrected chi connectivity index (χ1v) is 4.74. The number of aliphatic hydroxyl groups is 1. The molecule has 1 aromatic heterocycles. The second-order valence-electron chi connectivity index (χ2n) is 4.35. The summed E-state index contributed by atoms with van der Waals surface area (Å²) in [5, 5.41) is 14.4. The molecule has 1 aliphatic carbocycles. The van der Waals surface area contributed by atoms with Crippen LogP contribution in [0, 0.1) is 12.8 Å². The third kappa shape index (κ3) is 1.27. The van der Waals surface area contributed by atoms with Gasteiger partial charge in [0.1, 0.15) is 0 Å². The van der Waals surface area contributed by atoms with Gasteiger partial charge >= 0.3 is 0 Å². The van der Waals surface area contributed by atoms with Gasteiger partial charge in [0.15, 0.2) is 0 Å². The molecule has 3 nitrogen and oxygen atoms in total. The minimum Gasteiger partial charge on any atom is -0.385 e. The van der Waals surface area contributed by atoms with E-state index in [0.29, 0.717) is 5.92 Å². The highest BCUT2D eigenvalue weighted by Crippen LogP contribution is 2.45. The van der Waals surface area contributed by atoms with E-state index in [1.807, 2.05) is 20.2 Å². The standard InChI is InChI=1S/C10H16N2O/c1-7-4-10(13,5-7)9-6-12(3)11-8(9)2/h6-7,13H,4-5H2,1-3H3. The Morgan fingerprint density at radius 2 is 2.23 bits per heavy atom. The van der Waals surface area contributed by atoms with Crippen LogP contribution in [0.2, 0.25) is 0 Å². The fourth-order valence-electron chi connectivity index (χ4n) is 2.37. The van der Waals surface area contributed by atoms with Gasteiger partial charge in [-0.05, 0) is 25.7 Å². The van der Waals surface area contributed by atoms with E-state index in [-0.39, 0.29) is 0 Å². The molecule has 1 N–H and O–H groups in total. The first kappa shape index (κ1) is 8.75. The second-order valence-corrected chi connectivity index (χ2v) is 4.35. The molecule has 1 saturated carbocycles. The third-order valence-electron chi connectivity index (χ3n) is 2.89. The van der Waals surface area contributed by atoms with Gasteiger partial charge in [-0.1, -0.05) is 6.92 Å². The fraction of sp³-hybridized carbons (Fsp3) is 0.700. The minimum absolute atomic E-state index is 0.586. The van der Waals surface area contributed by atoms with Gasteiger partial charge in [-0.25, -0.2) is 0 Å². The molecule has 0 saturated heterocycles. The number of rotatable bonds is 1. The molecule has 1 fully saturated rings. The van der Waals surface area contributed by atoms with Crippen molar-refractivity contribution in [2.24, 2.45) is 13.0 Å². The number of hydrogen-bond acceptors (Lipinski definition) is 2. The maximum absolute atomic E-state index is 10.2. The average Bonchev–Trinajstić information content (AvgIpc) is 2.27. The van der Waals surface area contributed by atoms with E-state index in [1.165, 1.54) is 0 Å². The summed E-state index contributed by atoms with van der Waals surface area (Å²) < 4.78 is 1.77.